The highest BCUT2D eigenvalue weighted by molar-refractivity contribution is 9.11. The van der Waals surface area contributed by atoms with Crippen molar-refractivity contribution in [3.8, 4) is 5.75 Å². The Kier molecular flexibility index (Phi) is 4.54. The molecule has 2 aromatic rings. The fourth-order valence-electron chi connectivity index (χ4n) is 1.37. The largest absolute Gasteiger partial charge is 0.489 e. The number of benzene rings is 1. The van der Waals surface area contributed by atoms with E-state index in [1.165, 1.54) is 10.9 Å². The summed E-state index contributed by atoms with van der Waals surface area (Å²) in [6.45, 7) is 0.762. The lowest BCUT2D eigenvalue weighted by Crippen LogP contribution is -2.09. The van der Waals surface area contributed by atoms with Gasteiger partial charge in [-0.1, -0.05) is 11.3 Å². The van der Waals surface area contributed by atoms with Gasteiger partial charge >= 0.3 is 5.97 Å². The number of para-hydroxylation sites is 1. The van der Waals surface area contributed by atoms with E-state index in [9.17, 15) is 4.79 Å². The molecule has 0 saturated heterocycles. The fraction of sp³-hybridized carbons (Fsp3) is 0.182. The Balaban J connectivity index is 1.94. The van der Waals surface area contributed by atoms with Gasteiger partial charge in [-0.2, -0.15) is 0 Å². The zero-order valence-electron chi connectivity index (χ0n) is 9.58. The van der Waals surface area contributed by atoms with Crippen LogP contribution >= 0.6 is 31.9 Å². The van der Waals surface area contributed by atoms with Crippen molar-refractivity contribution in [2.45, 2.75) is 6.54 Å². The highest BCUT2D eigenvalue weighted by atomic mass is 79.9. The number of aromatic carboxylic acids is 1. The number of carboxylic acid groups (broad SMARTS) is 1. The molecule has 0 bridgehead atoms. The summed E-state index contributed by atoms with van der Waals surface area (Å²) in [5.41, 5.74) is -0.0814. The average Bonchev–Trinajstić information content (AvgIpc) is 2.82. The number of nitrogens with zero attached hydrogens (tertiary/aromatic N) is 3. The Hall–Kier alpha value is -1.41. The Morgan fingerprint density at radius 1 is 1.37 bits per heavy atom. The molecule has 19 heavy (non-hydrogen) atoms. The van der Waals surface area contributed by atoms with E-state index in [1.807, 2.05) is 18.2 Å². The molecule has 0 aliphatic rings. The quantitative estimate of drug-likeness (QED) is 0.848. The first-order valence-electron chi connectivity index (χ1n) is 5.28. The third kappa shape index (κ3) is 3.54. The molecule has 0 amide bonds. The van der Waals surface area contributed by atoms with Gasteiger partial charge in [0.25, 0.3) is 0 Å². The summed E-state index contributed by atoms with van der Waals surface area (Å²) in [4.78, 5) is 10.6. The highest BCUT2D eigenvalue weighted by Crippen LogP contribution is 2.32. The lowest BCUT2D eigenvalue weighted by molar-refractivity contribution is 0.0690. The van der Waals surface area contributed by atoms with Gasteiger partial charge in [0, 0.05) is 0 Å². The molecule has 1 N–H and O–H groups in total. The number of carbonyl (C=O) groups is 1. The van der Waals surface area contributed by atoms with Crippen LogP contribution in [0.5, 0.6) is 5.75 Å². The van der Waals surface area contributed by atoms with Gasteiger partial charge in [0.15, 0.2) is 5.69 Å². The second kappa shape index (κ2) is 6.16. The second-order valence-corrected chi connectivity index (χ2v) is 5.28. The van der Waals surface area contributed by atoms with E-state index in [0.29, 0.717) is 18.9 Å². The molecular formula is C11H9Br2N3O3. The van der Waals surface area contributed by atoms with E-state index in [1.54, 1.807) is 0 Å². The minimum absolute atomic E-state index is 0.0814. The van der Waals surface area contributed by atoms with Crippen LogP contribution in [0.25, 0.3) is 0 Å². The number of aromatic nitrogens is 3. The molecule has 0 spiro atoms. The van der Waals surface area contributed by atoms with Crippen LogP contribution in [-0.2, 0) is 6.54 Å². The van der Waals surface area contributed by atoms with Gasteiger partial charge in [-0.25, -0.2) is 9.48 Å². The van der Waals surface area contributed by atoms with E-state index in [-0.39, 0.29) is 5.69 Å². The van der Waals surface area contributed by atoms with Crippen LogP contribution in [0.4, 0.5) is 0 Å². The Labute approximate surface area is 125 Å². The summed E-state index contributed by atoms with van der Waals surface area (Å²) in [5, 5.41) is 15.9. The molecule has 0 radical (unpaired) electrons. The Morgan fingerprint density at radius 3 is 2.63 bits per heavy atom. The fourth-order valence-corrected chi connectivity index (χ4v) is 2.59. The van der Waals surface area contributed by atoms with E-state index in [4.69, 9.17) is 9.84 Å². The molecule has 0 atom stereocenters. The molecule has 0 fully saturated rings. The van der Waals surface area contributed by atoms with Crippen molar-refractivity contribution in [1.82, 2.24) is 15.0 Å². The summed E-state index contributed by atoms with van der Waals surface area (Å²) in [6.07, 6.45) is 1.36. The summed E-state index contributed by atoms with van der Waals surface area (Å²) in [7, 11) is 0. The maximum Gasteiger partial charge on any atom is 0.358 e. The number of hydrogen-bond acceptors (Lipinski definition) is 4. The maximum atomic E-state index is 10.6. The van der Waals surface area contributed by atoms with Gasteiger partial charge < -0.3 is 9.84 Å². The molecule has 6 nitrogen and oxygen atoms in total. The van der Waals surface area contributed by atoms with Crippen LogP contribution in [-0.4, -0.2) is 32.7 Å². The van der Waals surface area contributed by atoms with Crippen molar-refractivity contribution >= 4 is 37.8 Å². The normalized spacial score (nSPS) is 10.4. The molecule has 8 heteroatoms. The first kappa shape index (κ1) is 14.0. The third-order valence-corrected chi connectivity index (χ3v) is 3.49. The van der Waals surface area contributed by atoms with Crippen LogP contribution in [0.1, 0.15) is 10.5 Å². The number of carboxylic acids is 1. The van der Waals surface area contributed by atoms with E-state index >= 15 is 0 Å². The molecule has 0 unspecified atom stereocenters. The Bertz CT molecular complexity index is 580. The smallest absolute Gasteiger partial charge is 0.358 e. The molecule has 1 aromatic carbocycles. The van der Waals surface area contributed by atoms with E-state index in [2.05, 4.69) is 42.2 Å². The number of rotatable bonds is 5. The standard InChI is InChI=1S/C11H9Br2N3O3/c12-7-2-1-3-8(13)10(7)19-5-4-16-6-9(11(17)18)14-15-16/h1-3,6H,4-5H2,(H,17,18). The minimum Gasteiger partial charge on any atom is -0.489 e. The number of hydrogen-bond donors (Lipinski definition) is 1. The monoisotopic (exact) mass is 389 g/mol. The number of ether oxygens (including phenoxy) is 1. The Morgan fingerprint density at radius 2 is 2.05 bits per heavy atom. The molecular weight excluding hydrogens is 382 g/mol. The van der Waals surface area contributed by atoms with Gasteiger partial charge in [0.1, 0.15) is 12.4 Å². The van der Waals surface area contributed by atoms with Gasteiger partial charge in [0.05, 0.1) is 21.7 Å². The van der Waals surface area contributed by atoms with Crippen molar-refractivity contribution in [3.05, 3.63) is 39.0 Å². The lowest BCUT2D eigenvalue weighted by Gasteiger charge is -2.09. The summed E-state index contributed by atoms with van der Waals surface area (Å²) in [6, 6.07) is 5.63. The molecule has 0 aliphatic heterocycles. The summed E-state index contributed by atoms with van der Waals surface area (Å²) >= 11 is 6.78. The molecule has 100 valence electrons. The molecule has 0 saturated carbocycles. The first-order chi connectivity index (χ1) is 9.08. The summed E-state index contributed by atoms with van der Waals surface area (Å²) in [5.74, 6) is -0.401. The van der Waals surface area contributed by atoms with Gasteiger partial charge in [0.2, 0.25) is 0 Å². The maximum absolute atomic E-state index is 10.6. The predicted octanol–water partition coefficient (Wildman–Crippen LogP) is 2.58. The average molecular weight is 391 g/mol. The molecule has 2 rings (SSSR count). The van der Waals surface area contributed by atoms with Crippen molar-refractivity contribution < 1.29 is 14.6 Å². The van der Waals surface area contributed by atoms with Crippen LogP contribution < -0.4 is 4.74 Å². The lowest BCUT2D eigenvalue weighted by atomic mass is 10.3. The van der Waals surface area contributed by atoms with Crippen LogP contribution in [0, 0.1) is 0 Å². The van der Waals surface area contributed by atoms with Crippen molar-refractivity contribution in [2.75, 3.05) is 6.61 Å². The highest BCUT2D eigenvalue weighted by Gasteiger charge is 2.09. The van der Waals surface area contributed by atoms with Crippen LogP contribution in [0.2, 0.25) is 0 Å². The van der Waals surface area contributed by atoms with E-state index < -0.39 is 5.97 Å². The zero-order valence-corrected chi connectivity index (χ0v) is 12.8. The van der Waals surface area contributed by atoms with Crippen molar-refractivity contribution in [2.24, 2.45) is 0 Å². The van der Waals surface area contributed by atoms with Gasteiger partial charge in [-0.05, 0) is 44.0 Å². The topological polar surface area (TPSA) is 77.2 Å². The van der Waals surface area contributed by atoms with E-state index in [0.717, 1.165) is 8.95 Å². The van der Waals surface area contributed by atoms with Gasteiger partial charge in [-0.15, -0.1) is 5.10 Å². The van der Waals surface area contributed by atoms with Crippen LogP contribution in [0.3, 0.4) is 0 Å². The zero-order chi connectivity index (χ0) is 13.8. The minimum atomic E-state index is -1.10. The van der Waals surface area contributed by atoms with Crippen molar-refractivity contribution in [3.63, 3.8) is 0 Å². The summed E-state index contributed by atoms with van der Waals surface area (Å²) < 4.78 is 8.72. The predicted molar refractivity (Wildman–Crippen MR) is 74.3 cm³/mol. The SMILES string of the molecule is O=C(O)c1cn(CCOc2c(Br)cccc2Br)nn1. The molecule has 0 aliphatic carbocycles. The molecule has 1 heterocycles. The first-order valence-corrected chi connectivity index (χ1v) is 6.87. The number of halogens is 2. The molecule has 1 aromatic heterocycles. The van der Waals surface area contributed by atoms with Gasteiger partial charge in [-0.3, -0.25) is 0 Å². The second-order valence-electron chi connectivity index (χ2n) is 3.57. The third-order valence-electron chi connectivity index (χ3n) is 2.24. The van der Waals surface area contributed by atoms with Crippen LogP contribution in [0.15, 0.2) is 33.3 Å². The van der Waals surface area contributed by atoms with Crippen molar-refractivity contribution in [1.29, 1.82) is 0 Å².